The van der Waals surface area contributed by atoms with E-state index in [9.17, 15) is 0 Å². The first-order chi connectivity index (χ1) is 28.8. The number of thiophene rings is 1. The minimum Gasteiger partial charge on any atom is -0.309 e. The Morgan fingerprint density at radius 3 is 1.79 bits per heavy atom. The second-order valence-corrected chi connectivity index (χ2v) is 15.8. The molecule has 0 atom stereocenters. The van der Waals surface area contributed by atoms with Crippen LogP contribution in [-0.4, -0.2) is 19.5 Å². The topological polar surface area (TPSA) is 43.6 Å². The molecule has 5 heteroatoms. The summed E-state index contributed by atoms with van der Waals surface area (Å²) in [6, 6.07) is 67.0. The summed E-state index contributed by atoms with van der Waals surface area (Å²) in [4.78, 5) is 15.3. The molecule has 4 aromatic heterocycles. The van der Waals surface area contributed by atoms with Gasteiger partial charge in [0.2, 0.25) is 0 Å². The van der Waals surface area contributed by atoms with E-state index in [1.165, 1.54) is 52.8 Å². The van der Waals surface area contributed by atoms with Crippen LogP contribution in [0.3, 0.4) is 0 Å². The fraction of sp³-hybridized carbons (Fsp3) is 0. The number of fused-ring (bicyclic) bond motifs is 11. The van der Waals surface area contributed by atoms with Crippen LogP contribution in [0.4, 0.5) is 0 Å². The lowest BCUT2D eigenvalue weighted by Gasteiger charge is -2.14. The Morgan fingerprint density at radius 2 is 1.05 bits per heavy atom. The van der Waals surface area contributed by atoms with Gasteiger partial charge < -0.3 is 4.57 Å². The van der Waals surface area contributed by atoms with Crippen molar-refractivity contribution in [2.75, 3.05) is 0 Å². The summed E-state index contributed by atoms with van der Waals surface area (Å²) in [7, 11) is 0. The predicted molar refractivity (Wildman–Crippen MR) is 244 cm³/mol. The molecule has 0 bridgehead atoms. The van der Waals surface area contributed by atoms with Gasteiger partial charge in [0.1, 0.15) is 11.2 Å². The average molecular weight is 757 g/mol. The van der Waals surface area contributed by atoms with Crippen LogP contribution in [0.2, 0.25) is 0 Å². The normalized spacial score (nSPS) is 11.8. The van der Waals surface area contributed by atoms with Crippen LogP contribution >= 0.6 is 11.3 Å². The third-order valence-electron chi connectivity index (χ3n) is 11.4. The van der Waals surface area contributed by atoms with Gasteiger partial charge in [0.25, 0.3) is 0 Å². The van der Waals surface area contributed by atoms with E-state index in [0.717, 1.165) is 55.8 Å². The highest BCUT2D eigenvalue weighted by atomic mass is 32.1. The molecular formula is C53H32N4S. The summed E-state index contributed by atoms with van der Waals surface area (Å²) in [6.07, 6.45) is 1.82. The lowest BCUT2D eigenvalue weighted by atomic mass is 9.94. The molecular weight excluding hydrogens is 725 g/mol. The third-order valence-corrected chi connectivity index (χ3v) is 12.6. The minimum atomic E-state index is 0.660. The van der Waals surface area contributed by atoms with Gasteiger partial charge in [-0.1, -0.05) is 121 Å². The molecule has 0 fully saturated rings. The zero-order chi connectivity index (χ0) is 38.2. The Morgan fingerprint density at radius 1 is 0.431 bits per heavy atom. The van der Waals surface area contributed by atoms with Gasteiger partial charge >= 0.3 is 0 Å². The van der Waals surface area contributed by atoms with Crippen molar-refractivity contribution in [3.63, 3.8) is 0 Å². The standard InChI is InChI=1S/C53H32N4S/c1-3-14-33(15-4-1)36-30-37(34-16-5-2-6-17-34)32-38(31-36)49-50-44(22-13-29-54-50)55-53(56-49)35-25-27-39(28-26-35)57-45-23-11-9-20-42(45)47-48-43-21-10-12-24-46(43)58-52(48)41-19-8-7-18-40(41)51(47)57/h1-32H. The van der Waals surface area contributed by atoms with E-state index in [1.54, 1.807) is 0 Å². The first-order valence-corrected chi connectivity index (χ1v) is 20.3. The molecule has 0 aliphatic heterocycles. The third kappa shape index (κ3) is 5.11. The summed E-state index contributed by atoms with van der Waals surface area (Å²) in [5.74, 6) is 0.660. The monoisotopic (exact) mass is 756 g/mol. The summed E-state index contributed by atoms with van der Waals surface area (Å²) in [5, 5.41) is 7.72. The van der Waals surface area contributed by atoms with Crippen LogP contribution in [-0.2, 0) is 0 Å². The first kappa shape index (κ1) is 32.7. The van der Waals surface area contributed by atoms with Crippen molar-refractivity contribution in [3.05, 3.63) is 194 Å². The number of para-hydroxylation sites is 1. The maximum atomic E-state index is 5.32. The molecule has 12 rings (SSSR count). The van der Waals surface area contributed by atoms with E-state index in [4.69, 9.17) is 15.0 Å². The Labute approximate surface area is 338 Å². The van der Waals surface area contributed by atoms with Gasteiger partial charge in [-0.25, -0.2) is 9.97 Å². The molecule has 8 aromatic carbocycles. The van der Waals surface area contributed by atoms with Crippen LogP contribution in [0.15, 0.2) is 194 Å². The molecule has 4 nitrogen and oxygen atoms in total. The van der Waals surface area contributed by atoms with Crippen molar-refractivity contribution in [2.24, 2.45) is 0 Å². The Balaban J connectivity index is 1.06. The van der Waals surface area contributed by atoms with Gasteiger partial charge in [-0.15, -0.1) is 11.3 Å². The zero-order valence-corrected chi connectivity index (χ0v) is 32.0. The van der Waals surface area contributed by atoms with Gasteiger partial charge in [0, 0.05) is 64.7 Å². The van der Waals surface area contributed by atoms with E-state index in [2.05, 4.69) is 180 Å². The number of nitrogens with zero attached hydrogens (tertiary/aromatic N) is 4. The van der Waals surface area contributed by atoms with E-state index in [1.807, 2.05) is 29.7 Å². The SMILES string of the molecule is c1ccc(-c2cc(-c3ccccc3)cc(-c3nc(-c4ccc(-n5c6ccccc6c6c7c8ccccc8sc7c7ccccc7c65)cc4)nc4cccnc34)c2)cc1. The van der Waals surface area contributed by atoms with Crippen LogP contribution in [0.25, 0.3) is 114 Å². The second kappa shape index (κ2) is 13.1. The number of hydrogen-bond acceptors (Lipinski definition) is 4. The highest BCUT2D eigenvalue weighted by Crippen LogP contribution is 2.48. The molecule has 0 aliphatic rings. The summed E-state index contributed by atoms with van der Waals surface area (Å²) in [5.41, 5.74) is 12.4. The summed E-state index contributed by atoms with van der Waals surface area (Å²) >= 11 is 1.89. The average Bonchev–Trinajstić information content (AvgIpc) is 3.86. The number of aromatic nitrogens is 4. The molecule has 0 aliphatic carbocycles. The molecule has 0 N–H and O–H groups in total. The van der Waals surface area contributed by atoms with Crippen LogP contribution in [0, 0.1) is 0 Å². The van der Waals surface area contributed by atoms with Gasteiger partial charge in [-0.2, -0.15) is 0 Å². The van der Waals surface area contributed by atoms with Crippen molar-refractivity contribution in [1.29, 1.82) is 0 Å². The van der Waals surface area contributed by atoms with Crippen molar-refractivity contribution in [3.8, 4) is 50.6 Å². The lowest BCUT2D eigenvalue weighted by molar-refractivity contribution is 1.18. The van der Waals surface area contributed by atoms with Gasteiger partial charge in [0.15, 0.2) is 5.82 Å². The molecule has 270 valence electrons. The van der Waals surface area contributed by atoms with Gasteiger partial charge in [0.05, 0.1) is 16.6 Å². The van der Waals surface area contributed by atoms with Crippen LogP contribution < -0.4 is 0 Å². The lowest BCUT2D eigenvalue weighted by Crippen LogP contribution is -1.98. The highest BCUT2D eigenvalue weighted by molar-refractivity contribution is 7.27. The molecule has 0 radical (unpaired) electrons. The van der Waals surface area contributed by atoms with E-state index < -0.39 is 0 Å². The first-order valence-electron chi connectivity index (χ1n) is 19.5. The van der Waals surface area contributed by atoms with Crippen molar-refractivity contribution in [1.82, 2.24) is 19.5 Å². The summed E-state index contributed by atoms with van der Waals surface area (Å²) in [6.45, 7) is 0. The Kier molecular flexibility index (Phi) is 7.37. The highest BCUT2D eigenvalue weighted by Gasteiger charge is 2.22. The summed E-state index contributed by atoms with van der Waals surface area (Å²) < 4.78 is 5.09. The fourth-order valence-corrected chi connectivity index (χ4v) is 10.1. The maximum Gasteiger partial charge on any atom is 0.160 e. The smallest absolute Gasteiger partial charge is 0.160 e. The Bertz CT molecular complexity index is 3490. The van der Waals surface area contributed by atoms with Crippen molar-refractivity contribution < 1.29 is 0 Å². The van der Waals surface area contributed by atoms with Gasteiger partial charge in [-0.3, -0.25) is 4.98 Å². The van der Waals surface area contributed by atoms with E-state index in [0.29, 0.717) is 5.82 Å². The predicted octanol–water partition coefficient (Wildman–Crippen LogP) is 14.3. The molecule has 0 spiro atoms. The largest absolute Gasteiger partial charge is 0.309 e. The van der Waals surface area contributed by atoms with Crippen molar-refractivity contribution in [2.45, 2.75) is 0 Å². The van der Waals surface area contributed by atoms with Gasteiger partial charge in [-0.05, 0) is 89.0 Å². The molecule has 58 heavy (non-hydrogen) atoms. The number of rotatable bonds is 5. The second-order valence-electron chi connectivity index (χ2n) is 14.8. The van der Waals surface area contributed by atoms with Crippen LogP contribution in [0.5, 0.6) is 0 Å². The maximum absolute atomic E-state index is 5.32. The quantitative estimate of drug-likeness (QED) is 0.176. The molecule has 12 aromatic rings. The van der Waals surface area contributed by atoms with Crippen LogP contribution in [0.1, 0.15) is 0 Å². The molecule has 0 saturated heterocycles. The zero-order valence-electron chi connectivity index (χ0n) is 31.2. The van der Waals surface area contributed by atoms with E-state index in [-0.39, 0.29) is 0 Å². The van der Waals surface area contributed by atoms with E-state index >= 15 is 0 Å². The molecule has 4 heterocycles. The number of pyridine rings is 1. The molecule has 0 saturated carbocycles. The van der Waals surface area contributed by atoms with Crippen molar-refractivity contribution >= 4 is 75.1 Å². The number of hydrogen-bond donors (Lipinski definition) is 0. The Hall–Kier alpha value is -7.47. The molecule has 0 amide bonds. The number of benzene rings is 8. The molecule has 0 unspecified atom stereocenters. The fourth-order valence-electron chi connectivity index (χ4n) is 8.80. The minimum absolute atomic E-state index is 0.660.